The van der Waals surface area contributed by atoms with Crippen LogP contribution in [0.1, 0.15) is 5.56 Å². The molecule has 0 spiro atoms. The molecule has 0 radical (unpaired) electrons. The second kappa shape index (κ2) is 6.90. The Labute approximate surface area is 104 Å². The van der Waals surface area contributed by atoms with Crippen LogP contribution in [0, 0.1) is 11.6 Å². The first-order valence-electron chi connectivity index (χ1n) is 5.58. The number of carbonyl (C=O) groups is 1. The summed E-state index contributed by atoms with van der Waals surface area (Å²) >= 11 is 0. The predicted molar refractivity (Wildman–Crippen MR) is 63.2 cm³/mol. The Bertz CT molecular complexity index is 413. The number of hydrogen-bond acceptors (Lipinski definition) is 2. The van der Waals surface area contributed by atoms with Crippen LogP contribution < -0.4 is 5.32 Å². The summed E-state index contributed by atoms with van der Waals surface area (Å²) < 4.78 is 26.1. The molecule has 18 heavy (non-hydrogen) atoms. The van der Waals surface area contributed by atoms with Gasteiger partial charge in [-0.05, 0) is 30.2 Å². The maximum atomic E-state index is 13.3. The second-order valence-electron chi connectivity index (χ2n) is 3.86. The van der Waals surface area contributed by atoms with E-state index in [9.17, 15) is 13.6 Å². The quantitative estimate of drug-likeness (QED) is 0.832. The molecule has 1 aromatic carbocycles. The van der Waals surface area contributed by atoms with Crippen LogP contribution in [-0.2, 0) is 6.42 Å². The van der Waals surface area contributed by atoms with E-state index in [1.165, 1.54) is 11.9 Å². The first-order chi connectivity index (χ1) is 8.54. The lowest BCUT2D eigenvalue weighted by Gasteiger charge is -2.16. The van der Waals surface area contributed by atoms with Gasteiger partial charge in [-0.3, -0.25) is 0 Å². The maximum absolute atomic E-state index is 13.3. The summed E-state index contributed by atoms with van der Waals surface area (Å²) in [6.07, 6.45) is 0.211. The van der Waals surface area contributed by atoms with Gasteiger partial charge in [0.1, 0.15) is 11.6 Å². The van der Waals surface area contributed by atoms with Crippen LogP contribution in [0.3, 0.4) is 0 Å². The molecule has 0 saturated carbocycles. The summed E-state index contributed by atoms with van der Waals surface area (Å²) in [4.78, 5) is 12.7. The standard InChI is InChI=1S/C12H16F2N2O2/c1-16(6-7-17)12(18)15-5-4-9-8-10(13)2-3-11(9)14/h2-3,8,17H,4-7H2,1H3,(H,15,18). The van der Waals surface area contributed by atoms with Crippen molar-refractivity contribution in [1.82, 2.24) is 10.2 Å². The second-order valence-corrected chi connectivity index (χ2v) is 3.86. The molecule has 4 nitrogen and oxygen atoms in total. The molecule has 1 rings (SSSR count). The van der Waals surface area contributed by atoms with E-state index >= 15 is 0 Å². The highest BCUT2D eigenvalue weighted by Gasteiger charge is 2.08. The van der Waals surface area contributed by atoms with Gasteiger partial charge >= 0.3 is 6.03 Å². The molecule has 2 N–H and O–H groups in total. The molecule has 2 amide bonds. The van der Waals surface area contributed by atoms with Crippen molar-refractivity contribution in [2.45, 2.75) is 6.42 Å². The third-order valence-electron chi connectivity index (χ3n) is 2.46. The number of urea groups is 1. The number of amides is 2. The first kappa shape index (κ1) is 14.4. The zero-order valence-electron chi connectivity index (χ0n) is 10.1. The number of carbonyl (C=O) groups excluding carboxylic acids is 1. The molecule has 1 aromatic rings. The van der Waals surface area contributed by atoms with Crippen LogP contribution >= 0.6 is 0 Å². The van der Waals surface area contributed by atoms with E-state index in [4.69, 9.17) is 5.11 Å². The Morgan fingerprint density at radius 3 is 2.83 bits per heavy atom. The number of rotatable bonds is 5. The molecule has 6 heteroatoms. The van der Waals surface area contributed by atoms with Crippen molar-refractivity contribution in [3.8, 4) is 0 Å². The summed E-state index contributed by atoms with van der Waals surface area (Å²) in [7, 11) is 1.54. The van der Waals surface area contributed by atoms with E-state index in [0.717, 1.165) is 18.2 Å². The number of aliphatic hydroxyl groups is 1. The lowest BCUT2D eigenvalue weighted by molar-refractivity contribution is 0.190. The SMILES string of the molecule is CN(CCO)C(=O)NCCc1cc(F)ccc1F. The molecular weight excluding hydrogens is 242 g/mol. The van der Waals surface area contributed by atoms with E-state index in [1.54, 1.807) is 0 Å². The van der Waals surface area contributed by atoms with E-state index in [-0.39, 0.29) is 37.7 Å². The lowest BCUT2D eigenvalue weighted by Crippen LogP contribution is -2.39. The number of nitrogens with one attached hydrogen (secondary N) is 1. The molecule has 0 aromatic heterocycles. The Hall–Kier alpha value is -1.69. The number of aliphatic hydroxyl groups excluding tert-OH is 1. The van der Waals surface area contributed by atoms with Gasteiger partial charge in [-0.2, -0.15) is 0 Å². The monoisotopic (exact) mass is 258 g/mol. The van der Waals surface area contributed by atoms with Gasteiger partial charge in [0, 0.05) is 20.1 Å². The zero-order chi connectivity index (χ0) is 13.5. The molecule has 0 bridgehead atoms. The highest BCUT2D eigenvalue weighted by atomic mass is 19.1. The number of nitrogens with zero attached hydrogens (tertiary/aromatic N) is 1. The van der Waals surface area contributed by atoms with E-state index < -0.39 is 11.6 Å². The first-order valence-corrected chi connectivity index (χ1v) is 5.58. The van der Waals surface area contributed by atoms with Gasteiger partial charge in [0.2, 0.25) is 0 Å². The average molecular weight is 258 g/mol. The highest BCUT2D eigenvalue weighted by Crippen LogP contribution is 2.09. The number of benzene rings is 1. The third-order valence-corrected chi connectivity index (χ3v) is 2.46. The van der Waals surface area contributed by atoms with Crippen molar-refractivity contribution in [2.75, 3.05) is 26.7 Å². The van der Waals surface area contributed by atoms with Crippen LogP contribution in [0.4, 0.5) is 13.6 Å². The number of likely N-dealkylation sites (N-methyl/N-ethyl adjacent to an activating group) is 1. The zero-order valence-corrected chi connectivity index (χ0v) is 10.1. The summed E-state index contributed by atoms with van der Waals surface area (Å²) in [5.41, 5.74) is 0.222. The Morgan fingerprint density at radius 1 is 1.44 bits per heavy atom. The summed E-state index contributed by atoms with van der Waals surface area (Å²) in [6.45, 7) is 0.303. The van der Waals surface area contributed by atoms with Gasteiger partial charge in [-0.25, -0.2) is 13.6 Å². The van der Waals surface area contributed by atoms with Crippen molar-refractivity contribution in [1.29, 1.82) is 0 Å². The topological polar surface area (TPSA) is 52.6 Å². The van der Waals surface area contributed by atoms with Crippen molar-refractivity contribution in [2.24, 2.45) is 0 Å². The Kier molecular flexibility index (Phi) is 5.51. The summed E-state index contributed by atoms with van der Waals surface area (Å²) in [5, 5.41) is 11.2. The fraction of sp³-hybridized carbons (Fsp3) is 0.417. The normalized spacial score (nSPS) is 10.2. The predicted octanol–water partition coefficient (Wildman–Crippen LogP) is 1.14. The highest BCUT2D eigenvalue weighted by molar-refractivity contribution is 5.73. The maximum Gasteiger partial charge on any atom is 0.317 e. The molecule has 0 heterocycles. The van der Waals surface area contributed by atoms with Gasteiger partial charge in [0.15, 0.2) is 0 Å². The minimum Gasteiger partial charge on any atom is -0.395 e. The smallest absolute Gasteiger partial charge is 0.317 e. The fourth-order valence-electron chi connectivity index (χ4n) is 1.43. The molecule has 100 valence electrons. The molecule has 0 aliphatic heterocycles. The van der Waals surface area contributed by atoms with Gasteiger partial charge in [0.05, 0.1) is 6.61 Å². The van der Waals surface area contributed by atoms with Gasteiger partial charge in [0.25, 0.3) is 0 Å². The van der Waals surface area contributed by atoms with Crippen LogP contribution in [-0.4, -0.2) is 42.8 Å². The van der Waals surface area contributed by atoms with Crippen molar-refractivity contribution >= 4 is 6.03 Å². The van der Waals surface area contributed by atoms with Gasteiger partial charge < -0.3 is 15.3 Å². The van der Waals surface area contributed by atoms with Crippen LogP contribution in [0.2, 0.25) is 0 Å². The largest absolute Gasteiger partial charge is 0.395 e. The average Bonchev–Trinajstić information content (AvgIpc) is 2.33. The molecule has 0 atom stereocenters. The van der Waals surface area contributed by atoms with E-state index in [0.29, 0.717) is 0 Å². The van der Waals surface area contributed by atoms with Crippen molar-refractivity contribution < 1.29 is 18.7 Å². The van der Waals surface area contributed by atoms with Crippen LogP contribution in [0.5, 0.6) is 0 Å². The molecule has 0 saturated heterocycles. The van der Waals surface area contributed by atoms with Crippen molar-refractivity contribution in [3.63, 3.8) is 0 Å². The number of hydrogen-bond donors (Lipinski definition) is 2. The minimum atomic E-state index is -0.505. The Balaban J connectivity index is 2.42. The Morgan fingerprint density at radius 2 is 2.17 bits per heavy atom. The molecule has 0 unspecified atom stereocenters. The van der Waals surface area contributed by atoms with Crippen molar-refractivity contribution in [3.05, 3.63) is 35.4 Å². The third kappa shape index (κ3) is 4.29. The lowest BCUT2D eigenvalue weighted by atomic mass is 10.1. The van der Waals surface area contributed by atoms with E-state index in [2.05, 4.69) is 5.32 Å². The molecular formula is C12H16F2N2O2. The fourth-order valence-corrected chi connectivity index (χ4v) is 1.43. The number of halogens is 2. The minimum absolute atomic E-state index is 0.123. The van der Waals surface area contributed by atoms with Crippen LogP contribution in [0.15, 0.2) is 18.2 Å². The van der Waals surface area contributed by atoms with Gasteiger partial charge in [-0.15, -0.1) is 0 Å². The van der Waals surface area contributed by atoms with Crippen LogP contribution in [0.25, 0.3) is 0 Å². The van der Waals surface area contributed by atoms with Gasteiger partial charge in [-0.1, -0.05) is 0 Å². The summed E-state index contributed by atoms with van der Waals surface area (Å²) in [5.74, 6) is -0.996. The molecule has 0 aliphatic rings. The summed E-state index contributed by atoms with van der Waals surface area (Å²) in [6, 6.07) is 2.86. The molecule has 0 fully saturated rings. The molecule has 0 aliphatic carbocycles. The van der Waals surface area contributed by atoms with E-state index in [1.807, 2.05) is 0 Å².